The van der Waals surface area contributed by atoms with Crippen molar-refractivity contribution in [2.45, 2.75) is 0 Å². The molecule has 0 aliphatic heterocycles. The molecule has 4 rings (SSSR count). The van der Waals surface area contributed by atoms with E-state index in [-0.39, 0.29) is 0 Å². The number of fused-ring (bicyclic) bond motifs is 1. The van der Waals surface area contributed by atoms with E-state index in [9.17, 15) is 0 Å². The molecular weight excluding hydrogens is 318 g/mol. The lowest BCUT2D eigenvalue weighted by Gasteiger charge is -2.07. The van der Waals surface area contributed by atoms with Crippen LogP contribution in [-0.4, -0.2) is 9.97 Å². The van der Waals surface area contributed by atoms with Crippen LogP contribution in [0.2, 0.25) is 5.02 Å². The van der Waals surface area contributed by atoms with E-state index >= 15 is 0 Å². The van der Waals surface area contributed by atoms with Gasteiger partial charge in [0.15, 0.2) is 0 Å². The molecule has 0 spiro atoms. The lowest BCUT2D eigenvalue weighted by atomic mass is 10.1. The predicted molar refractivity (Wildman–Crippen MR) is 99.7 cm³/mol. The van der Waals surface area contributed by atoms with Crippen LogP contribution in [0.1, 0.15) is 0 Å². The SMILES string of the molecule is Clc1ccc(Nc2nccc(-c3ccc4ccccc4c3)n2)cc1. The van der Waals surface area contributed by atoms with E-state index in [4.69, 9.17) is 11.6 Å². The van der Waals surface area contributed by atoms with E-state index in [1.54, 1.807) is 6.20 Å². The van der Waals surface area contributed by atoms with Crippen molar-refractivity contribution in [1.29, 1.82) is 0 Å². The van der Waals surface area contributed by atoms with Crippen LogP contribution in [0.15, 0.2) is 79.0 Å². The lowest BCUT2D eigenvalue weighted by Crippen LogP contribution is -1.97. The monoisotopic (exact) mass is 331 g/mol. The third kappa shape index (κ3) is 3.07. The van der Waals surface area contributed by atoms with Crippen LogP contribution >= 0.6 is 11.6 Å². The van der Waals surface area contributed by atoms with E-state index in [0.29, 0.717) is 11.0 Å². The van der Waals surface area contributed by atoms with E-state index in [1.165, 1.54) is 10.8 Å². The normalized spacial score (nSPS) is 10.7. The standard InChI is InChI=1S/C20H14ClN3/c21-17-7-9-18(10-8-17)23-20-22-12-11-19(24-20)16-6-5-14-3-1-2-4-15(14)13-16/h1-13H,(H,22,23,24). The molecule has 0 aliphatic rings. The topological polar surface area (TPSA) is 37.8 Å². The van der Waals surface area contributed by atoms with Gasteiger partial charge < -0.3 is 5.32 Å². The maximum atomic E-state index is 5.91. The van der Waals surface area contributed by atoms with Gasteiger partial charge in [0.05, 0.1) is 5.69 Å². The number of hydrogen-bond acceptors (Lipinski definition) is 3. The molecular formula is C20H14ClN3. The van der Waals surface area contributed by atoms with Gasteiger partial charge >= 0.3 is 0 Å². The number of aromatic nitrogens is 2. The van der Waals surface area contributed by atoms with Crippen LogP contribution in [-0.2, 0) is 0 Å². The Kier molecular flexibility index (Phi) is 3.85. The smallest absolute Gasteiger partial charge is 0.227 e. The summed E-state index contributed by atoms with van der Waals surface area (Å²) >= 11 is 5.91. The fraction of sp³-hybridized carbons (Fsp3) is 0. The Morgan fingerprint density at radius 1 is 0.792 bits per heavy atom. The fourth-order valence-corrected chi connectivity index (χ4v) is 2.72. The molecule has 4 heteroatoms. The minimum atomic E-state index is 0.558. The molecule has 0 atom stereocenters. The van der Waals surface area contributed by atoms with Gasteiger partial charge in [0.1, 0.15) is 0 Å². The Morgan fingerprint density at radius 3 is 2.42 bits per heavy atom. The van der Waals surface area contributed by atoms with Gasteiger partial charge in [0, 0.05) is 22.5 Å². The highest BCUT2D eigenvalue weighted by Gasteiger charge is 2.04. The summed E-state index contributed by atoms with van der Waals surface area (Å²) in [5.41, 5.74) is 2.84. The third-order valence-corrected chi connectivity index (χ3v) is 4.05. The van der Waals surface area contributed by atoms with Crippen molar-refractivity contribution in [2.75, 3.05) is 5.32 Å². The maximum absolute atomic E-state index is 5.91. The summed E-state index contributed by atoms with van der Waals surface area (Å²) < 4.78 is 0. The molecule has 1 N–H and O–H groups in total. The molecule has 0 unspecified atom stereocenters. The number of anilines is 2. The highest BCUT2D eigenvalue weighted by molar-refractivity contribution is 6.30. The minimum Gasteiger partial charge on any atom is -0.324 e. The van der Waals surface area contributed by atoms with Gasteiger partial charge in [-0.15, -0.1) is 0 Å². The molecule has 0 amide bonds. The fourth-order valence-electron chi connectivity index (χ4n) is 2.59. The Morgan fingerprint density at radius 2 is 1.58 bits per heavy atom. The van der Waals surface area contributed by atoms with Crippen molar-refractivity contribution in [1.82, 2.24) is 9.97 Å². The number of halogens is 1. The molecule has 0 bridgehead atoms. The van der Waals surface area contributed by atoms with Crippen molar-refractivity contribution in [3.63, 3.8) is 0 Å². The first-order valence-corrected chi connectivity index (χ1v) is 8.00. The summed E-state index contributed by atoms with van der Waals surface area (Å²) in [7, 11) is 0. The first kappa shape index (κ1) is 14.7. The van der Waals surface area contributed by atoms with Crippen LogP contribution in [0.25, 0.3) is 22.0 Å². The van der Waals surface area contributed by atoms with Gasteiger partial charge in [-0.1, -0.05) is 48.0 Å². The number of nitrogens with one attached hydrogen (secondary N) is 1. The molecule has 116 valence electrons. The van der Waals surface area contributed by atoms with Gasteiger partial charge in [-0.05, 0) is 47.2 Å². The zero-order chi connectivity index (χ0) is 16.4. The molecule has 0 saturated carbocycles. The molecule has 0 aliphatic carbocycles. The summed E-state index contributed by atoms with van der Waals surface area (Å²) in [5, 5.41) is 6.31. The van der Waals surface area contributed by atoms with E-state index in [0.717, 1.165) is 16.9 Å². The Hall–Kier alpha value is -2.91. The number of benzene rings is 3. The van der Waals surface area contributed by atoms with Crippen molar-refractivity contribution < 1.29 is 0 Å². The second-order valence-corrected chi connectivity index (χ2v) is 5.90. The second kappa shape index (κ2) is 6.30. The molecule has 24 heavy (non-hydrogen) atoms. The maximum Gasteiger partial charge on any atom is 0.227 e. The van der Waals surface area contributed by atoms with Crippen LogP contribution in [0.4, 0.5) is 11.6 Å². The number of rotatable bonds is 3. The largest absolute Gasteiger partial charge is 0.324 e. The van der Waals surface area contributed by atoms with Crippen LogP contribution in [0.5, 0.6) is 0 Å². The van der Waals surface area contributed by atoms with E-state index < -0.39 is 0 Å². The first-order chi connectivity index (χ1) is 11.8. The zero-order valence-electron chi connectivity index (χ0n) is 12.8. The van der Waals surface area contributed by atoms with Gasteiger partial charge in [-0.3, -0.25) is 0 Å². The Labute approximate surface area is 145 Å². The summed E-state index contributed by atoms with van der Waals surface area (Å²) in [6, 6.07) is 24.0. The van der Waals surface area contributed by atoms with Gasteiger partial charge in [0.2, 0.25) is 5.95 Å². The van der Waals surface area contributed by atoms with Crippen molar-refractivity contribution in [3.05, 3.63) is 84.0 Å². The van der Waals surface area contributed by atoms with E-state index in [2.05, 4.69) is 45.6 Å². The second-order valence-electron chi connectivity index (χ2n) is 5.46. The van der Waals surface area contributed by atoms with E-state index in [1.807, 2.05) is 42.5 Å². The van der Waals surface area contributed by atoms with Crippen LogP contribution in [0, 0.1) is 0 Å². The van der Waals surface area contributed by atoms with Gasteiger partial charge in [-0.2, -0.15) is 0 Å². The average molecular weight is 332 g/mol. The predicted octanol–water partition coefficient (Wildman–Crippen LogP) is 5.69. The molecule has 1 heterocycles. The molecule has 3 aromatic carbocycles. The molecule has 4 aromatic rings. The molecule has 0 radical (unpaired) electrons. The highest BCUT2D eigenvalue weighted by Crippen LogP contribution is 2.24. The highest BCUT2D eigenvalue weighted by atomic mass is 35.5. The third-order valence-electron chi connectivity index (χ3n) is 3.80. The summed E-state index contributed by atoms with van der Waals surface area (Å²) in [5.74, 6) is 0.558. The van der Waals surface area contributed by atoms with Gasteiger partial charge in [0.25, 0.3) is 0 Å². The minimum absolute atomic E-state index is 0.558. The molecule has 0 saturated heterocycles. The Balaban J connectivity index is 1.67. The van der Waals surface area contributed by atoms with Crippen molar-refractivity contribution in [3.8, 4) is 11.3 Å². The number of hydrogen-bond donors (Lipinski definition) is 1. The first-order valence-electron chi connectivity index (χ1n) is 7.63. The van der Waals surface area contributed by atoms with Crippen molar-refractivity contribution in [2.24, 2.45) is 0 Å². The molecule has 3 nitrogen and oxygen atoms in total. The quantitative estimate of drug-likeness (QED) is 0.523. The summed E-state index contributed by atoms with van der Waals surface area (Å²) in [6.07, 6.45) is 1.76. The average Bonchev–Trinajstić information content (AvgIpc) is 2.63. The molecule has 1 aromatic heterocycles. The van der Waals surface area contributed by atoms with Crippen molar-refractivity contribution >= 4 is 34.0 Å². The summed E-state index contributed by atoms with van der Waals surface area (Å²) in [4.78, 5) is 8.90. The van der Waals surface area contributed by atoms with Gasteiger partial charge in [-0.25, -0.2) is 9.97 Å². The van der Waals surface area contributed by atoms with Crippen LogP contribution in [0.3, 0.4) is 0 Å². The summed E-state index contributed by atoms with van der Waals surface area (Å²) in [6.45, 7) is 0. The van der Waals surface area contributed by atoms with Crippen LogP contribution < -0.4 is 5.32 Å². The number of nitrogens with zero attached hydrogens (tertiary/aromatic N) is 2. The zero-order valence-corrected chi connectivity index (χ0v) is 13.5. The molecule has 0 fully saturated rings. The Bertz CT molecular complexity index is 997. The lowest BCUT2D eigenvalue weighted by molar-refractivity contribution is 1.17.